The molecule has 11 heteroatoms. The number of aromatic nitrogens is 4. The highest BCUT2D eigenvalue weighted by Gasteiger charge is 2.28. The number of methoxy groups -OCH3 is 1. The number of aromatic amines is 1. The number of fused-ring (bicyclic) bond motifs is 1. The number of carbonyl (C=O) groups excluding carboxylic acids is 1. The van der Waals surface area contributed by atoms with Gasteiger partial charge in [0.15, 0.2) is 11.5 Å². The zero-order chi connectivity index (χ0) is 22.9. The number of H-pyrrole nitrogens is 1. The van der Waals surface area contributed by atoms with Gasteiger partial charge in [0.1, 0.15) is 5.69 Å². The van der Waals surface area contributed by atoms with Crippen LogP contribution in [0.2, 0.25) is 5.02 Å². The molecule has 0 radical (unpaired) electrons. The SMILES string of the molecule is COc1c(Cl)cccc1Nc1c(-c2ccnc(Nc3cnoc3C)n2)[nH]c2c1C(=O)NCC2. The average Bonchev–Trinajstić information content (AvgIpc) is 3.38. The Hall–Kier alpha value is -4.05. The molecule has 1 aromatic carbocycles. The minimum Gasteiger partial charge on any atom is -0.493 e. The molecular weight excluding hydrogens is 446 g/mol. The average molecular weight is 466 g/mol. The van der Waals surface area contributed by atoms with Crippen molar-refractivity contribution in [1.29, 1.82) is 0 Å². The first kappa shape index (κ1) is 20.8. The zero-order valence-corrected chi connectivity index (χ0v) is 18.6. The number of benzene rings is 1. The van der Waals surface area contributed by atoms with Crippen LogP contribution in [-0.2, 0) is 6.42 Å². The monoisotopic (exact) mass is 465 g/mol. The third kappa shape index (κ3) is 3.85. The van der Waals surface area contributed by atoms with E-state index in [1.54, 1.807) is 44.6 Å². The van der Waals surface area contributed by atoms with E-state index < -0.39 is 0 Å². The second-order valence-corrected chi connectivity index (χ2v) is 7.77. The Morgan fingerprint density at radius 3 is 2.88 bits per heavy atom. The lowest BCUT2D eigenvalue weighted by Crippen LogP contribution is -2.31. The minimum absolute atomic E-state index is 0.172. The Morgan fingerprint density at radius 1 is 1.21 bits per heavy atom. The van der Waals surface area contributed by atoms with Crippen LogP contribution in [-0.4, -0.2) is 39.7 Å². The Kier molecular flexibility index (Phi) is 5.35. The zero-order valence-electron chi connectivity index (χ0n) is 17.8. The smallest absolute Gasteiger partial charge is 0.255 e. The van der Waals surface area contributed by atoms with E-state index in [0.29, 0.717) is 69.5 Å². The summed E-state index contributed by atoms with van der Waals surface area (Å²) in [6.45, 7) is 2.34. The molecule has 4 N–H and O–H groups in total. The molecule has 0 saturated heterocycles. The number of carbonyl (C=O) groups is 1. The van der Waals surface area contributed by atoms with Crippen molar-refractivity contribution in [1.82, 2.24) is 25.4 Å². The number of ether oxygens (including phenoxy) is 1. The van der Waals surface area contributed by atoms with E-state index in [1.807, 2.05) is 6.07 Å². The van der Waals surface area contributed by atoms with E-state index in [4.69, 9.17) is 20.9 Å². The number of anilines is 4. The second-order valence-electron chi connectivity index (χ2n) is 7.37. The normalized spacial score (nSPS) is 12.8. The van der Waals surface area contributed by atoms with Crippen LogP contribution < -0.4 is 20.7 Å². The van der Waals surface area contributed by atoms with E-state index in [2.05, 4.69) is 36.1 Å². The van der Waals surface area contributed by atoms with Gasteiger partial charge < -0.3 is 30.2 Å². The van der Waals surface area contributed by atoms with Crippen molar-refractivity contribution < 1.29 is 14.1 Å². The number of hydrogen-bond acceptors (Lipinski definition) is 8. The van der Waals surface area contributed by atoms with Crippen molar-refractivity contribution in [2.45, 2.75) is 13.3 Å². The van der Waals surface area contributed by atoms with E-state index >= 15 is 0 Å². The third-order valence-corrected chi connectivity index (χ3v) is 5.60. The van der Waals surface area contributed by atoms with Crippen molar-refractivity contribution in [3.8, 4) is 17.1 Å². The summed E-state index contributed by atoms with van der Waals surface area (Å²) >= 11 is 6.31. The molecule has 5 rings (SSSR count). The molecule has 0 spiro atoms. The topological polar surface area (TPSA) is 130 Å². The van der Waals surface area contributed by atoms with Crippen molar-refractivity contribution in [2.75, 3.05) is 24.3 Å². The maximum absolute atomic E-state index is 12.8. The maximum atomic E-state index is 12.8. The largest absolute Gasteiger partial charge is 0.493 e. The molecule has 4 aromatic rings. The molecule has 0 bridgehead atoms. The van der Waals surface area contributed by atoms with Gasteiger partial charge >= 0.3 is 0 Å². The number of aryl methyl sites for hydroxylation is 1. The van der Waals surface area contributed by atoms with Gasteiger partial charge in [0, 0.05) is 24.9 Å². The van der Waals surface area contributed by atoms with E-state index in [1.165, 1.54) is 0 Å². The number of halogens is 1. The van der Waals surface area contributed by atoms with Crippen LogP contribution in [0.1, 0.15) is 21.8 Å². The van der Waals surface area contributed by atoms with E-state index in [-0.39, 0.29) is 5.91 Å². The first-order valence-corrected chi connectivity index (χ1v) is 10.6. The van der Waals surface area contributed by atoms with Crippen LogP contribution in [0.15, 0.2) is 41.2 Å². The molecular formula is C22H20ClN7O3. The summed E-state index contributed by atoms with van der Waals surface area (Å²) in [4.78, 5) is 25.1. The first-order valence-electron chi connectivity index (χ1n) is 10.2. The lowest BCUT2D eigenvalue weighted by molar-refractivity contribution is 0.0947. The summed E-state index contributed by atoms with van der Waals surface area (Å²) in [6.07, 6.45) is 3.86. The fraction of sp³-hybridized carbons (Fsp3) is 0.182. The highest BCUT2D eigenvalue weighted by atomic mass is 35.5. The number of para-hydroxylation sites is 1. The molecule has 1 aliphatic heterocycles. The van der Waals surface area contributed by atoms with Crippen molar-refractivity contribution in [3.05, 3.63) is 58.7 Å². The molecule has 0 saturated carbocycles. The fourth-order valence-corrected chi connectivity index (χ4v) is 3.99. The third-order valence-electron chi connectivity index (χ3n) is 5.30. The van der Waals surface area contributed by atoms with Crippen molar-refractivity contribution in [2.24, 2.45) is 0 Å². The lowest BCUT2D eigenvalue weighted by Gasteiger charge is -2.17. The summed E-state index contributed by atoms with van der Waals surface area (Å²) in [6, 6.07) is 7.14. The van der Waals surface area contributed by atoms with Crippen LogP contribution in [0, 0.1) is 6.92 Å². The number of nitrogens with zero attached hydrogens (tertiary/aromatic N) is 3. The van der Waals surface area contributed by atoms with Gasteiger partial charge in [-0.05, 0) is 25.1 Å². The van der Waals surface area contributed by atoms with Crippen LogP contribution >= 0.6 is 11.6 Å². The molecule has 33 heavy (non-hydrogen) atoms. The quantitative estimate of drug-likeness (QED) is 0.333. The van der Waals surface area contributed by atoms with Crippen LogP contribution in [0.5, 0.6) is 5.75 Å². The van der Waals surface area contributed by atoms with Gasteiger partial charge in [0.25, 0.3) is 5.91 Å². The molecule has 0 fully saturated rings. The summed E-state index contributed by atoms with van der Waals surface area (Å²) in [5.41, 5.74) is 4.45. The Balaban J connectivity index is 1.60. The second kappa shape index (κ2) is 8.47. The summed E-state index contributed by atoms with van der Waals surface area (Å²) in [5, 5.41) is 13.5. The lowest BCUT2D eigenvalue weighted by atomic mass is 10.1. The van der Waals surface area contributed by atoms with Gasteiger partial charge in [0.2, 0.25) is 5.95 Å². The highest BCUT2D eigenvalue weighted by molar-refractivity contribution is 6.32. The number of nitrogens with one attached hydrogen (secondary N) is 4. The minimum atomic E-state index is -0.172. The summed E-state index contributed by atoms with van der Waals surface area (Å²) < 4.78 is 10.6. The van der Waals surface area contributed by atoms with Gasteiger partial charge in [-0.2, -0.15) is 0 Å². The highest BCUT2D eigenvalue weighted by Crippen LogP contribution is 2.40. The molecule has 0 atom stereocenters. The fourth-order valence-electron chi connectivity index (χ4n) is 3.74. The van der Waals surface area contributed by atoms with Gasteiger partial charge in [-0.25, -0.2) is 9.97 Å². The molecule has 10 nitrogen and oxygen atoms in total. The maximum Gasteiger partial charge on any atom is 0.255 e. The molecule has 168 valence electrons. The van der Waals surface area contributed by atoms with E-state index in [0.717, 1.165) is 5.69 Å². The summed E-state index contributed by atoms with van der Waals surface area (Å²) in [7, 11) is 1.54. The standard InChI is InChI=1S/C22H20ClN7O3/c1-11-16(10-26-33-11)30-22-25-9-7-14(29-22)18-19(17-13(27-18)6-8-24-21(17)31)28-15-5-3-4-12(23)20(15)32-2/h3-5,7,9-10,27-28H,6,8H2,1-2H3,(H,24,31)(H,25,29,30). The number of amides is 1. The Bertz CT molecular complexity index is 1350. The number of hydrogen-bond donors (Lipinski definition) is 4. The van der Waals surface area contributed by atoms with E-state index in [9.17, 15) is 4.79 Å². The number of rotatable bonds is 6. The Morgan fingerprint density at radius 2 is 2.09 bits per heavy atom. The predicted octanol–water partition coefficient (Wildman–Crippen LogP) is 4.20. The summed E-state index contributed by atoms with van der Waals surface area (Å²) in [5.74, 6) is 1.28. The molecule has 0 aliphatic carbocycles. The van der Waals surface area contributed by atoms with Gasteiger partial charge in [-0.1, -0.05) is 22.8 Å². The van der Waals surface area contributed by atoms with Gasteiger partial charge in [-0.3, -0.25) is 4.79 Å². The van der Waals surface area contributed by atoms with Crippen molar-refractivity contribution >= 4 is 40.5 Å². The molecule has 3 aromatic heterocycles. The van der Waals surface area contributed by atoms with Crippen LogP contribution in [0.25, 0.3) is 11.4 Å². The molecule has 1 amide bonds. The first-order chi connectivity index (χ1) is 16.0. The Labute approximate surface area is 193 Å². The molecule has 1 aliphatic rings. The molecule has 4 heterocycles. The van der Waals surface area contributed by atoms with Gasteiger partial charge in [0.05, 0.1) is 46.7 Å². The molecule has 0 unspecified atom stereocenters. The van der Waals surface area contributed by atoms with Gasteiger partial charge in [-0.15, -0.1) is 0 Å². The van der Waals surface area contributed by atoms with Crippen LogP contribution in [0.3, 0.4) is 0 Å². The predicted molar refractivity (Wildman–Crippen MR) is 124 cm³/mol. The van der Waals surface area contributed by atoms with Crippen LogP contribution in [0.4, 0.5) is 23.0 Å². The van der Waals surface area contributed by atoms with Crippen molar-refractivity contribution in [3.63, 3.8) is 0 Å².